The average molecular weight is 270 g/mol. The average Bonchev–Trinajstić information content (AvgIpc) is 2.60. The summed E-state index contributed by atoms with van der Waals surface area (Å²) in [6, 6.07) is 1.25. The molecule has 2 bridgehead atoms. The van der Waals surface area contributed by atoms with Gasteiger partial charge in [0.25, 0.3) is 5.56 Å². The number of rotatable bonds is 2. The molecule has 4 N–H and O–H groups in total. The van der Waals surface area contributed by atoms with Crippen LogP contribution in [-0.4, -0.2) is 49.8 Å². The predicted octanol–water partition coefficient (Wildman–Crippen LogP) is -2.36. The lowest BCUT2D eigenvalue weighted by atomic mass is 9.91. The molecule has 1 fully saturated rings. The Balaban J connectivity index is 2.22. The van der Waals surface area contributed by atoms with Crippen LogP contribution in [0.1, 0.15) is 24.3 Å². The van der Waals surface area contributed by atoms with Gasteiger partial charge in [-0.2, -0.15) is 0 Å². The number of ether oxygens (including phenoxy) is 1. The van der Waals surface area contributed by atoms with Gasteiger partial charge in [-0.05, 0) is 6.42 Å². The number of aromatic amines is 1. The minimum absolute atomic E-state index is 0.182. The van der Waals surface area contributed by atoms with Gasteiger partial charge in [-0.3, -0.25) is 14.3 Å². The molecule has 8 heteroatoms. The monoisotopic (exact) mass is 270 g/mol. The molecule has 0 amide bonds. The third kappa shape index (κ3) is 1.68. The van der Waals surface area contributed by atoms with Crippen molar-refractivity contribution in [3.05, 3.63) is 32.6 Å². The molecule has 1 aromatic rings. The molecular formula is C11H14N2O6. The van der Waals surface area contributed by atoms with Gasteiger partial charge >= 0.3 is 5.69 Å². The normalized spacial score (nSPS) is 36.3. The van der Waals surface area contributed by atoms with Crippen molar-refractivity contribution in [1.29, 1.82) is 0 Å². The number of nitrogens with zero attached hydrogens (tertiary/aromatic N) is 1. The van der Waals surface area contributed by atoms with E-state index in [0.717, 1.165) is 4.57 Å². The fraction of sp³-hybridized carbons (Fsp3) is 0.636. The van der Waals surface area contributed by atoms with Crippen molar-refractivity contribution in [1.82, 2.24) is 9.55 Å². The van der Waals surface area contributed by atoms with Crippen molar-refractivity contribution in [2.45, 2.75) is 36.9 Å². The van der Waals surface area contributed by atoms with Crippen molar-refractivity contribution >= 4 is 0 Å². The van der Waals surface area contributed by atoms with Crippen molar-refractivity contribution in [3.63, 3.8) is 0 Å². The fourth-order valence-electron chi connectivity index (χ4n) is 2.92. The van der Waals surface area contributed by atoms with Gasteiger partial charge in [0.2, 0.25) is 0 Å². The first-order valence-corrected chi connectivity index (χ1v) is 6.03. The number of aliphatic hydroxyl groups is 3. The Labute approximate surface area is 106 Å². The zero-order valence-electron chi connectivity index (χ0n) is 9.89. The van der Waals surface area contributed by atoms with Crippen LogP contribution < -0.4 is 11.2 Å². The van der Waals surface area contributed by atoms with E-state index < -0.39 is 41.7 Å². The largest absolute Gasteiger partial charge is 0.396 e. The molecule has 0 aliphatic carbocycles. The summed E-state index contributed by atoms with van der Waals surface area (Å²) in [6.07, 6.45) is -3.90. The van der Waals surface area contributed by atoms with Crippen LogP contribution >= 0.6 is 0 Å². The highest BCUT2D eigenvalue weighted by molar-refractivity contribution is 5.18. The minimum Gasteiger partial charge on any atom is -0.396 e. The van der Waals surface area contributed by atoms with E-state index in [1.807, 2.05) is 0 Å². The highest BCUT2D eigenvalue weighted by Gasteiger charge is 2.52. The Hall–Kier alpha value is -1.48. The molecule has 104 valence electrons. The van der Waals surface area contributed by atoms with E-state index in [-0.39, 0.29) is 13.0 Å². The number of hydrogen-bond donors (Lipinski definition) is 4. The molecular weight excluding hydrogens is 256 g/mol. The zero-order chi connectivity index (χ0) is 13.7. The Morgan fingerprint density at radius 1 is 1.32 bits per heavy atom. The summed E-state index contributed by atoms with van der Waals surface area (Å²) >= 11 is 0. The second kappa shape index (κ2) is 4.27. The van der Waals surface area contributed by atoms with Crippen LogP contribution in [0.2, 0.25) is 0 Å². The van der Waals surface area contributed by atoms with Crippen molar-refractivity contribution in [2.24, 2.45) is 0 Å². The molecule has 19 heavy (non-hydrogen) atoms. The van der Waals surface area contributed by atoms with Crippen molar-refractivity contribution in [3.8, 4) is 0 Å². The number of H-pyrrole nitrogens is 1. The topological polar surface area (TPSA) is 125 Å². The van der Waals surface area contributed by atoms with E-state index in [2.05, 4.69) is 4.98 Å². The summed E-state index contributed by atoms with van der Waals surface area (Å²) in [5, 5.41) is 28.9. The van der Waals surface area contributed by atoms with Gasteiger partial charge < -0.3 is 20.1 Å². The Morgan fingerprint density at radius 2 is 2.05 bits per heavy atom. The van der Waals surface area contributed by atoms with Gasteiger partial charge in [-0.25, -0.2) is 4.79 Å². The molecule has 2 aliphatic rings. The summed E-state index contributed by atoms with van der Waals surface area (Å²) < 4.78 is 6.60. The summed E-state index contributed by atoms with van der Waals surface area (Å²) in [5.74, 6) is -0.511. The molecule has 0 spiro atoms. The third-order valence-electron chi connectivity index (χ3n) is 3.75. The fourth-order valence-corrected chi connectivity index (χ4v) is 2.92. The second-order valence-electron chi connectivity index (χ2n) is 4.82. The summed E-state index contributed by atoms with van der Waals surface area (Å²) in [7, 11) is 0. The predicted molar refractivity (Wildman–Crippen MR) is 61.7 cm³/mol. The molecule has 3 rings (SSSR count). The first-order valence-electron chi connectivity index (χ1n) is 6.03. The van der Waals surface area contributed by atoms with Crippen molar-refractivity contribution < 1.29 is 20.1 Å². The number of aliphatic hydroxyl groups excluding tert-OH is 3. The maximum Gasteiger partial charge on any atom is 0.330 e. The minimum atomic E-state index is -1.24. The molecule has 4 unspecified atom stereocenters. The van der Waals surface area contributed by atoms with Gasteiger partial charge in [-0.1, -0.05) is 0 Å². The molecule has 2 aliphatic heterocycles. The summed E-state index contributed by atoms with van der Waals surface area (Å²) in [6.45, 7) is -0.182. The SMILES string of the molecule is O=c1cc2n(c(=O)[nH]1)C1OC(C(O)C1O)[C@@H]2CCO. The van der Waals surface area contributed by atoms with Crippen LogP contribution in [0.5, 0.6) is 0 Å². The van der Waals surface area contributed by atoms with Gasteiger partial charge in [0.05, 0.1) is 6.10 Å². The number of nitrogens with one attached hydrogen (secondary N) is 1. The van der Waals surface area contributed by atoms with E-state index in [9.17, 15) is 19.8 Å². The second-order valence-corrected chi connectivity index (χ2v) is 4.82. The summed E-state index contributed by atoms with van der Waals surface area (Å²) in [4.78, 5) is 25.4. The molecule has 0 radical (unpaired) electrons. The van der Waals surface area contributed by atoms with Gasteiger partial charge in [-0.15, -0.1) is 0 Å². The lowest BCUT2D eigenvalue weighted by Gasteiger charge is -2.32. The number of aromatic nitrogens is 2. The maximum absolute atomic E-state index is 11.8. The highest BCUT2D eigenvalue weighted by Crippen LogP contribution is 2.43. The lowest BCUT2D eigenvalue weighted by molar-refractivity contribution is -0.0729. The molecule has 1 aromatic heterocycles. The molecule has 5 atom stereocenters. The Bertz CT molecular complexity index is 608. The number of fused-ring (bicyclic) bond motifs is 4. The van der Waals surface area contributed by atoms with Crippen molar-refractivity contribution in [2.75, 3.05) is 6.61 Å². The van der Waals surface area contributed by atoms with Crippen LogP contribution in [0.25, 0.3) is 0 Å². The lowest BCUT2D eigenvalue weighted by Crippen LogP contribution is -2.42. The van der Waals surface area contributed by atoms with Crippen LogP contribution in [0, 0.1) is 0 Å². The Morgan fingerprint density at radius 3 is 2.74 bits per heavy atom. The zero-order valence-corrected chi connectivity index (χ0v) is 9.89. The van der Waals surface area contributed by atoms with Gasteiger partial charge in [0.15, 0.2) is 6.23 Å². The van der Waals surface area contributed by atoms with E-state index >= 15 is 0 Å². The molecule has 0 aromatic carbocycles. The van der Waals surface area contributed by atoms with Crippen LogP contribution in [0.15, 0.2) is 15.7 Å². The van der Waals surface area contributed by atoms with Crippen LogP contribution in [0.3, 0.4) is 0 Å². The Kier molecular flexibility index (Phi) is 2.82. The molecule has 1 saturated heterocycles. The van der Waals surface area contributed by atoms with E-state index in [4.69, 9.17) is 9.84 Å². The van der Waals surface area contributed by atoms with Crippen LogP contribution in [0.4, 0.5) is 0 Å². The maximum atomic E-state index is 11.8. The number of hydrogen-bond acceptors (Lipinski definition) is 6. The third-order valence-corrected chi connectivity index (χ3v) is 3.75. The van der Waals surface area contributed by atoms with Crippen LogP contribution in [-0.2, 0) is 4.74 Å². The molecule has 8 nitrogen and oxygen atoms in total. The van der Waals surface area contributed by atoms with Gasteiger partial charge in [0.1, 0.15) is 12.2 Å². The molecule has 3 heterocycles. The summed E-state index contributed by atoms with van der Waals surface area (Å²) in [5.41, 5.74) is -0.869. The standard InChI is InChI=1S/C11H14N2O6/c14-2-1-4-5-3-6(15)12-11(18)13(5)10-8(17)7(16)9(4)19-10/h3-4,7-10,14,16-17H,1-2H2,(H,12,15,18)/t4-,7?,8?,9?,10?/m1/s1. The van der Waals surface area contributed by atoms with E-state index in [0.29, 0.717) is 5.69 Å². The first-order chi connectivity index (χ1) is 9.04. The first kappa shape index (κ1) is 12.5. The highest BCUT2D eigenvalue weighted by atomic mass is 16.6. The smallest absolute Gasteiger partial charge is 0.330 e. The van der Waals surface area contributed by atoms with Gasteiger partial charge in [0, 0.05) is 24.3 Å². The van der Waals surface area contributed by atoms with E-state index in [1.54, 1.807) is 0 Å². The quantitative estimate of drug-likeness (QED) is 0.476. The molecule has 0 saturated carbocycles. The van der Waals surface area contributed by atoms with E-state index in [1.165, 1.54) is 6.07 Å².